The largest absolute Gasteiger partial charge is 0.381 e. The van der Waals surface area contributed by atoms with Gasteiger partial charge in [0.2, 0.25) is 10.0 Å². The Hall–Kier alpha value is -1.12. The number of nitrogens with zero attached hydrogens (tertiary/aromatic N) is 2. The fraction of sp³-hybridized carbons (Fsp3) is 0.769. The van der Waals surface area contributed by atoms with Gasteiger partial charge in [0.25, 0.3) is 0 Å². The van der Waals surface area contributed by atoms with E-state index in [0.29, 0.717) is 37.8 Å². The molecule has 2 N–H and O–H groups in total. The van der Waals surface area contributed by atoms with Crippen molar-refractivity contribution in [2.75, 3.05) is 31.0 Å². The van der Waals surface area contributed by atoms with E-state index in [2.05, 4.69) is 15.1 Å². The molecule has 118 valence electrons. The summed E-state index contributed by atoms with van der Waals surface area (Å²) in [5.41, 5.74) is 0.556. The van der Waals surface area contributed by atoms with E-state index in [0.717, 1.165) is 25.9 Å². The van der Waals surface area contributed by atoms with Gasteiger partial charge in [-0.15, -0.1) is 0 Å². The van der Waals surface area contributed by atoms with Crippen LogP contribution in [0.1, 0.15) is 31.7 Å². The smallest absolute Gasteiger partial charge is 0.235 e. The van der Waals surface area contributed by atoms with Crippen LogP contribution in [0.3, 0.4) is 0 Å². The first-order valence-corrected chi connectivity index (χ1v) is 9.04. The maximum absolute atomic E-state index is 12.3. The highest BCUT2D eigenvalue weighted by atomic mass is 32.2. The molecule has 8 heteroatoms. The van der Waals surface area contributed by atoms with Crippen molar-refractivity contribution in [2.24, 2.45) is 0 Å². The van der Waals surface area contributed by atoms with Crippen LogP contribution in [0.25, 0.3) is 0 Å². The second kappa shape index (κ2) is 6.33. The summed E-state index contributed by atoms with van der Waals surface area (Å²) in [4.78, 5) is 0. The van der Waals surface area contributed by atoms with Crippen molar-refractivity contribution >= 4 is 15.7 Å². The van der Waals surface area contributed by atoms with Gasteiger partial charge in [0.05, 0.1) is 23.2 Å². The van der Waals surface area contributed by atoms with Crippen LogP contribution in [0.4, 0.5) is 5.69 Å². The van der Waals surface area contributed by atoms with Crippen LogP contribution >= 0.6 is 0 Å². The topological polar surface area (TPSA) is 85.2 Å². The van der Waals surface area contributed by atoms with Crippen molar-refractivity contribution in [3.63, 3.8) is 0 Å². The van der Waals surface area contributed by atoms with Gasteiger partial charge in [-0.25, -0.2) is 8.42 Å². The summed E-state index contributed by atoms with van der Waals surface area (Å²) in [5.74, 6) is 0. The molecule has 2 saturated heterocycles. The lowest BCUT2D eigenvalue weighted by Gasteiger charge is -2.23. The Labute approximate surface area is 125 Å². The highest BCUT2D eigenvalue weighted by molar-refractivity contribution is 7.93. The molecular weight excluding hydrogens is 292 g/mol. The Kier molecular flexibility index (Phi) is 4.46. The van der Waals surface area contributed by atoms with Crippen LogP contribution in [0.15, 0.2) is 12.4 Å². The summed E-state index contributed by atoms with van der Waals surface area (Å²) in [7, 11) is -3.35. The minimum absolute atomic E-state index is 0.354. The Balaban J connectivity index is 1.65. The zero-order valence-electron chi connectivity index (χ0n) is 12.0. The predicted octanol–water partition coefficient (Wildman–Crippen LogP) is 0.728. The highest BCUT2D eigenvalue weighted by Crippen LogP contribution is 2.22. The number of anilines is 1. The molecule has 2 aliphatic heterocycles. The van der Waals surface area contributed by atoms with E-state index in [-0.39, 0.29) is 5.25 Å². The SMILES string of the molecule is O=S(=O)(Nc1cnn(C2CCNCC2)c1)C1CCOCC1. The fourth-order valence-electron chi connectivity index (χ4n) is 2.90. The third-order valence-corrected chi connectivity index (χ3v) is 6.02. The normalized spacial score (nSPS) is 22.3. The highest BCUT2D eigenvalue weighted by Gasteiger charge is 2.28. The Morgan fingerprint density at radius 1 is 1.24 bits per heavy atom. The van der Waals surface area contributed by atoms with Gasteiger partial charge in [0, 0.05) is 19.4 Å². The molecule has 0 spiro atoms. The zero-order chi connectivity index (χ0) is 14.7. The van der Waals surface area contributed by atoms with E-state index >= 15 is 0 Å². The van der Waals surface area contributed by atoms with Crippen LogP contribution in [0.5, 0.6) is 0 Å². The Bertz CT molecular complexity index is 560. The number of aromatic nitrogens is 2. The molecule has 0 unspecified atom stereocenters. The summed E-state index contributed by atoms with van der Waals surface area (Å²) >= 11 is 0. The van der Waals surface area contributed by atoms with Crippen LogP contribution in [0, 0.1) is 0 Å². The molecule has 2 fully saturated rings. The van der Waals surface area contributed by atoms with E-state index < -0.39 is 10.0 Å². The van der Waals surface area contributed by atoms with E-state index in [1.54, 1.807) is 12.4 Å². The second-order valence-electron chi connectivity index (χ2n) is 5.65. The summed E-state index contributed by atoms with van der Waals surface area (Å²) in [6, 6.07) is 0.354. The van der Waals surface area contributed by atoms with E-state index in [9.17, 15) is 8.42 Å². The summed E-state index contributed by atoms with van der Waals surface area (Å²) in [6.45, 7) is 2.99. The average molecular weight is 314 g/mol. The molecule has 1 aromatic rings. The second-order valence-corrected chi connectivity index (χ2v) is 7.61. The van der Waals surface area contributed by atoms with E-state index in [1.165, 1.54) is 0 Å². The minimum Gasteiger partial charge on any atom is -0.381 e. The number of ether oxygens (including phenoxy) is 1. The lowest BCUT2D eigenvalue weighted by atomic mass is 10.1. The zero-order valence-corrected chi connectivity index (χ0v) is 12.8. The summed E-state index contributed by atoms with van der Waals surface area (Å²) < 4.78 is 34.4. The van der Waals surface area contributed by atoms with Gasteiger partial charge in [-0.2, -0.15) is 5.10 Å². The van der Waals surface area contributed by atoms with Crippen molar-refractivity contribution in [2.45, 2.75) is 37.0 Å². The number of nitrogens with one attached hydrogen (secondary N) is 2. The number of hydrogen-bond donors (Lipinski definition) is 2. The first-order valence-electron chi connectivity index (χ1n) is 7.49. The monoisotopic (exact) mass is 314 g/mol. The number of rotatable bonds is 4. The summed E-state index contributed by atoms with van der Waals surface area (Å²) in [6.07, 6.45) is 6.54. The molecule has 0 amide bonds. The first kappa shape index (κ1) is 14.8. The van der Waals surface area contributed by atoms with Crippen molar-refractivity contribution in [3.8, 4) is 0 Å². The fourth-order valence-corrected chi connectivity index (χ4v) is 4.31. The van der Waals surface area contributed by atoms with E-state index in [1.807, 2.05) is 4.68 Å². The maximum Gasteiger partial charge on any atom is 0.235 e. The molecule has 21 heavy (non-hydrogen) atoms. The van der Waals surface area contributed by atoms with Crippen molar-refractivity contribution in [1.82, 2.24) is 15.1 Å². The molecule has 3 rings (SSSR count). The molecule has 1 aromatic heterocycles. The predicted molar refractivity (Wildman–Crippen MR) is 79.8 cm³/mol. The molecular formula is C13H22N4O3S. The van der Waals surface area contributed by atoms with Gasteiger partial charge in [-0.1, -0.05) is 0 Å². The molecule has 0 bridgehead atoms. The van der Waals surface area contributed by atoms with Crippen LogP contribution in [-0.2, 0) is 14.8 Å². The number of piperidine rings is 1. The maximum atomic E-state index is 12.3. The molecule has 0 radical (unpaired) electrons. The Morgan fingerprint density at radius 3 is 2.67 bits per heavy atom. The lowest BCUT2D eigenvalue weighted by molar-refractivity contribution is 0.0984. The van der Waals surface area contributed by atoms with Crippen molar-refractivity contribution in [1.29, 1.82) is 0 Å². The molecule has 0 atom stereocenters. The third-order valence-electron chi connectivity index (χ3n) is 4.15. The summed E-state index contributed by atoms with van der Waals surface area (Å²) in [5, 5.41) is 7.25. The molecule has 0 aliphatic carbocycles. The van der Waals surface area contributed by atoms with Gasteiger partial charge >= 0.3 is 0 Å². The van der Waals surface area contributed by atoms with Gasteiger partial charge in [-0.3, -0.25) is 9.40 Å². The quantitative estimate of drug-likeness (QED) is 0.856. The van der Waals surface area contributed by atoms with Gasteiger partial charge < -0.3 is 10.1 Å². The molecule has 3 heterocycles. The first-order chi connectivity index (χ1) is 10.1. The molecule has 7 nitrogen and oxygen atoms in total. The van der Waals surface area contributed by atoms with Crippen molar-refractivity contribution in [3.05, 3.63) is 12.4 Å². The molecule has 0 aromatic carbocycles. The van der Waals surface area contributed by atoms with Gasteiger partial charge in [0.1, 0.15) is 0 Å². The third kappa shape index (κ3) is 3.56. The van der Waals surface area contributed by atoms with Gasteiger partial charge in [0.15, 0.2) is 0 Å². The van der Waals surface area contributed by atoms with E-state index in [4.69, 9.17) is 4.74 Å². The van der Waals surface area contributed by atoms with Crippen molar-refractivity contribution < 1.29 is 13.2 Å². The number of sulfonamides is 1. The van der Waals surface area contributed by atoms with Crippen LogP contribution < -0.4 is 10.0 Å². The minimum atomic E-state index is -3.35. The lowest BCUT2D eigenvalue weighted by Crippen LogP contribution is -2.33. The standard InChI is InChI=1S/C13H22N4O3S/c18-21(19,13-3-7-20-8-4-13)16-11-9-15-17(10-11)12-1-5-14-6-2-12/h9-10,12-14,16H,1-8H2. The van der Waals surface area contributed by atoms with Crippen LogP contribution in [-0.4, -0.2) is 49.8 Å². The Morgan fingerprint density at radius 2 is 1.95 bits per heavy atom. The molecule has 2 aliphatic rings. The number of hydrogen-bond acceptors (Lipinski definition) is 5. The molecule has 0 saturated carbocycles. The average Bonchev–Trinajstić information content (AvgIpc) is 2.97. The van der Waals surface area contributed by atoms with Gasteiger partial charge in [-0.05, 0) is 38.8 Å². The van der Waals surface area contributed by atoms with Crippen LogP contribution in [0.2, 0.25) is 0 Å².